The maximum atomic E-state index is 12.9. The highest BCUT2D eigenvalue weighted by molar-refractivity contribution is 5.98. The molecule has 0 bridgehead atoms. The molecule has 26 heavy (non-hydrogen) atoms. The number of rotatable bonds is 6. The Morgan fingerprint density at radius 1 is 1.38 bits per heavy atom. The molecule has 2 aromatic rings. The number of nitrogens with one attached hydrogen (secondary N) is 1. The van der Waals surface area contributed by atoms with Crippen LogP contribution in [0.5, 0.6) is 0 Å². The minimum Gasteiger partial charge on any atom is -0.360 e. The summed E-state index contributed by atoms with van der Waals surface area (Å²) in [4.78, 5) is 28.7. The van der Waals surface area contributed by atoms with Crippen molar-refractivity contribution in [1.29, 1.82) is 0 Å². The van der Waals surface area contributed by atoms with Gasteiger partial charge in [0.1, 0.15) is 5.76 Å². The van der Waals surface area contributed by atoms with Gasteiger partial charge in [-0.2, -0.15) is 0 Å². The van der Waals surface area contributed by atoms with E-state index >= 15 is 0 Å². The molecule has 3 rings (SSSR count). The molecule has 0 saturated carbocycles. The van der Waals surface area contributed by atoms with E-state index in [4.69, 9.17) is 4.52 Å². The lowest BCUT2D eigenvalue weighted by molar-refractivity contribution is -0.125. The summed E-state index contributed by atoms with van der Waals surface area (Å²) in [5.41, 5.74) is 0.926. The topological polar surface area (TPSA) is 78.7 Å². The van der Waals surface area contributed by atoms with Crippen LogP contribution < -0.4 is 10.2 Å². The van der Waals surface area contributed by atoms with Crippen molar-refractivity contribution in [3.05, 3.63) is 42.2 Å². The molecular weight excluding hydrogens is 332 g/mol. The van der Waals surface area contributed by atoms with Crippen molar-refractivity contribution < 1.29 is 14.1 Å². The van der Waals surface area contributed by atoms with E-state index in [-0.39, 0.29) is 24.3 Å². The molecule has 1 saturated heterocycles. The average molecular weight is 356 g/mol. The molecule has 1 aliphatic rings. The van der Waals surface area contributed by atoms with Gasteiger partial charge in [0.15, 0.2) is 5.82 Å². The first-order valence-corrected chi connectivity index (χ1v) is 8.84. The number of amides is 2. The predicted octanol–water partition coefficient (Wildman–Crippen LogP) is 2.44. The molecule has 1 aromatic heterocycles. The van der Waals surface area contributed by atoms with Crippen LogP contribution in [0.1, 0.15) is 25.0 Å². The van der Waals surface area contributed by atoms with Gasteiger partial charge in [-0.15, -0.1) is 0 Å². The van der Waals surface area contributed by atoms with Gasteiger partial charge in [0, 0.05) is 31.3 Å². The van der Waals surface area contributed by atoms with Crippen molar-refractivity contribution in [2.75, 3.05) is 30.4 Å². The number of anilines is 2. The predicted molar refractivity (Wildman–Crippen MR) is 98.9 cm³/mol. The number of para-hydroxylation sites is 1. The van der Waals surface area contributed by atoms with Gasteiger partial charge in [0.25, 0.3) is 0 Å². The number of benzene rings is 1. The molecule has 2 heterocycles. The van der Waals surface area contributed by atoms with Gasteiger partial charge >= 0.3 is 0 Å². The SMILES string of the molecule is Cc1cc(NC(=O)CCN(C)C2CCCN(c3ccccc3)C2=O)no1. The van der Waals surface area contributed by atoms with Crippen LogP contribution in [0.3, 0.4) is 0 Å². The van der Waals surface area contributed by atoms with Crippen molar-refractivity contribution in [1.82, 2.24) is 10.1 Å². The quantitative estimate of drug-likeness (QED) is 0.860. The lowest BCUT2D eigenvalue weighted by atomic mass is 10.0. The van der Waals surface area contributed by atoms with E-state index in [0.29, 0.717) is 18.1 Å². The average Bonchev–Trinajstić information content (AvgIpc) is 3.05. The summed E-state index contributed by atoms with van der Waals surface area (Å²) < 4.78 is 4.93. The zero-order valence-electron chi connectivity index (χ0n) is 15.1. The molecular formula is C19H24N4O3. The van der Waals surface area contributed by atoms with Crippen LogP contribution >= 0.6 is 0 Å². The zero-order chi connectivity index (χ0) is 18.5. The number of carbonyl (C=O) groups is 2. The number of nitrogens with zero attached hydrogens (tertiary/aromatic N) is 3. The Morgan fingerprint density at radius 2 is 2.15 bits per heavy atom. The van der Waals surface area contributed by atoms with E-state index in [1.165, 1.54) is 0 Å². The van der Waals surface area contributed by atoms with E-state index < -0.39 is 0 Å². The molecule has 2 amide bonds. The Morgan fingerprint density at radius 3 is 2.85 bits per heavy atom. The Bertz CT molecular complexity index is 759. The zero-order valence-corrected chi connectivity index (χ0v) is 15.1. The van der Waals surface area contributed by atoms with E-state index in [0.717, 1.165) is 25.1 Å². The van der Waals surface area contributed by atoms with Gasteiger partial charge in [-0.3, -0.25) is 14.5 Å². The third-order valence-corrected chi connectivity index (χ3v) is 4.60. The number of piperidine rings is 1. The number of carbonyl (C=O) groups excluding carboxylic acids is 2. The van der Waals surface area contributed by atoms with E-state index in [9.17, 15) is 9.59 Å². The second kappa shape index (κ2) is 8.14. The van der Waals surface area contributed by atoms with E-state index in [1.54, 1.807) is 13.0 Å². The summed E-state index contributed by atoms with van der Waals surface area (Å²) in [5, 5.41) is 6.45. The first kappa shape index (κ1) is 18.1. The standard InChI is InChI=1S/C19H24N4O3/c1-14-13-17(21-26-14)20-18(24)10-12-22(2)16-9-6-11-23(19(16)25)15-7-4-3-5-8-15/h3-5,7-8,13,16H,6,9-12H2,1-2H3,(H,20,21,24). The van der Waals surface area contributed by atoms with Crippen molar-refractivity contribution in [3.63, 3.8) is 0 Å². The maximum Gasteiger partial charge on any atom is 0.244 e. The van der Waals surface area contributed by atoms with Gasteiger partial charge in [0.2, 0.25) is 11.8 Å². The Kier molecular flexibility index (Phi) is 5.68. The van der Waals surface area contributed by atoms with Crippen LogP contribution in [0.4, 0.5) is 11.5 Å². The van der Waals surface area contributed by atoms with E-state index in [1.807, 2.05) is 47.2 Å². The van der Waals surface area contributed by atoms with Gasteiger partial charge in [-0.05, 0) is 38.9 Å². The van der Waals surface area contributed by atoms with Crippen molar-refractivity contribution in [2.45, 2.75) is 32.2 Å². The first-order valence-electron chi connectivity index (χ1n) is 8.84. The monoisotopic (exact) mass is 356 g/mol. The van der Waals surface area contributed by atoms with Crippen molar-refractivity contribution in [3.8, 4) is 0 Å². The summed E-state index contributed by atoms with van der Waals surface area (Å²) in [6.45, 7) is 3.00. The largest absolute Gasteiger partial charge is 0.360 e. The number of aromatic nitrogens is 1. The maximum absolute atomic E-state index is 12.9. The fourth-order valence-corrected chi connectivity index (χ4v) is 3.19. The second-order valence-corrected chi connectivity index (χ2v) is 6.59. The molecule has 1 aromatic carbocycles. The minimum absolute atomic E-state index is 0.0949. The molecule has 1 atom stereocenters. The third-order valence-electron chi connectivity index (χ3n) is 4.60. The number of aryl methyl sites for hydroxylation is 1. The molecule has 1 fully saturated rings. The number of likely N-dealkylation sites (N-methyl/N-ethyl adjacent to an activating group) is 1. The van der Waals surface area contributed by atoms with Gasteiger partial charge < -0.3 is 14.7 Å². The molecule has 7 heteroatoms. The third kappa shape index (κ3) is 4.29. The normalized spacial score (nSPS) is 17.6. The fraction of sp³-hybridized carbons (Fsp3) is 0.421. The van der Waals surface area contributed by atoms with Crippen LogP contribution in [0.15, 0.2) is 40.9 Å². The fourth-order valence-electron chi connectivity index (χ4n) is 3.19. The molecule has 0 radical (unpaired) electrons. The second-order valence-electron chi connectivity index (χ2n) is 6.59. The van der Waals surface area contributed by atoms with Crippen LogP contribution in [-0.4, -0.2) is 48.0 Å². The Labute approximate surface area is 152 Å². The molecule has 1 unspecified atom stereocenters. The lowest BCUT2D eigenvalue weighted by Gasteiger charge is -2.36. The summed E-state index contributed by atoms with van der Waals surface area (Å²) >= 11 is 0. The summed E-state index contributed by atoms with van der Waals surface area (Å²) in [6.07, 6.45) is 2.04. The summed E-state index contributed by atoms with van der Waals surface area (Å²) in [6, 6.07) is 11.2. The molecule has 0 aliphatic carbocycles. The molecule has 138 valence electrons. The first-order chi connectivity index (χ1) is 12.5. The summed E-state index contributed by atoms with van der Waals surface area (Å²) in [5.74, 6) is 1.01. The number of hydrogen-bond acceptors (Lipinski definition) is 5. The van der Waals surface area contributed by atoms with E-state index in [2.05, 4.69) is 10.5 Å². The highest BCUT2D eigenvalue weighted by Crippen LogP contribution is 2.23. The molecule has 1 N–H and O–H groups in total. The van der Waals surface area contributed by atoms with Crippen LogP contribution in [0.2, 0.25) is 0 Å². The highest BCUT2D eigenvalue weighted by Gasteiger charge is 2.32. The smallest absolute Gasteiger partial charge is 0.244 e. The van der Waals surface area contributed by atoms with Gasteiger partial charge in [0.05, 0.1) is 6.04 Å². The minimum atomic E-state index is -0.203. The van der Waals surface area contributed by atoms with Gasteiger partial charge in [-0.25, -0.2) is 0 Å². The van der Waals surface area contributed by atoms with Crippen LogP contribution in [0.25, 0.3) is 0 Å². The molecule has 1 aliphatic heterocycles. The van der Waals surface area contributed by atoms with Crippen molar-refractivity contribution >= 4 is 23.3 Å². The Hall–Kier alpha value is -2.67. The summed E-state index contributed by atoms with van der Waals surface area (Å²) in [7, 11) is 1.89. The van der Waals surface area contributed by atoms with Crippen LogP contribution in [0, 0.1) is 6.92 Å². The van der Waals surface area contributed by atoms with Gasteiger partial charge in [-0.1, -0.05) is 23.4 Å². The lowest BCUT2D eigenvalue weighted by Crippen LogP contribution is -2.51. The number of hydrogen-bond donors (Lipinski definition) is 1. The molecule has 0 spiro atoms. The Balaban J connectivity index is 1.54. The molecule has 7 nitrogen and oxygen atoms in total. The van der Waals surface area contributed by atoms with Crippen LogP contribution in [-0.2, 0) is 9.59 Å². The van der Waals surface area contributed by atoms with Crippen molar-refractivity contribution in [2.24, 2.45) is 0 Å². The highest BCUT2D eigenvalue weighted by atomic mass is 16.5.